The van der Waals surface area contributed by atoms with Crippen molar-refractivity contribution >= 4 is 5.69 Å². The van der Waals surface area contributed by atoms with Crippen LogP contribution in [-0.2, 0) is 6.54 Å². The van der Waals surface area contributed by atoms with Crippen LogP contribution in [0.4, 0.5) is 5.69 Å². The number of rotatable bonds is 5. The summed E-state index contributed by atoms with van der Waals surface area (Å²) in [5.74, 6) is 0. The molecule has 6 heteroatoms. The monoisotopic (exact) mass is 272 g/mol. The van der Waals surface area contributed by atoms with Gasteiger partial charge in [-0.05, 0) is 37.5 Å². The van der Waals surface area contributed by atoms with Crippen LogP contribution in [0.1, 0.15) is 24.1 Å². The second-order valence-electron chi connectivity index (χ2n) is 5.13. The number of non-ortho nitro benzene ring substituents is 1. The van der Waals surface area contributed by atoms with Gasteiger partial charge in [0.05, 0.1) is 16.3 Å². The fraction of sp³-hybridized carbons (Fsp3) is 0.357. The number of nitro benzene ring substituents is 1. The minimum absolute atomic E-state index is 0.106. The first kappa shape index (κ1) is 12.8. The molecule has 0 bridgehead atoms. The van der Waals surface area contributed by atoms with Gasteiger partial charge in [-0.2, -0.15) is 5.10 Å². The van der Waals surface area contributed by atoms with E-state index in [4.69, 9.17) is 0 Å². The summed E-state index contributed by atoms with van der Waals surface area (Å²) >= 11 is 0. The number of hydrogen-bond donors (Lipinski definition) is 1. The fourth-order valence-corrected chi connectivity index (χ4v) is 2.14. The maximum Gasteiger partial charge on any atom is 0.269 e. The van der Waals surface area contributed by atoms with Crippen molar-refractivity contribution in [1.82, 2.24) is 15.1 Å². The van der Waals surface area contributed by atoms with Gasteiger partial charge in [0.15, 0.2) is 0 Å². The predicted octanol–water partition coefficient (Wildman–Crippen LogP) is 2.34. The predicted molar refractivity (Wildman–Crippen MR) is 74.8 cm³/mol. The van der Waals surface area contributed by atoms with Crippen LogP contribution in [0.25, 0.3) is 5.69 Å². The van der Waals surface area contributed by atoms with Crippen molar-refractivity contribution in [3.63, 3.8) is 0 Å². The van der Waals surface area contributed by atoms with Gasteiger partial charge in [-0.15, -0.1) is 0 Å². The zero-order chi connectivity index (χ0) is 14.1. The molecule has 104 valence electrons. The second kappa shape index (κ2) is 5.05. The fourth-order valence-electron chi connectivity index (χ4n) is 2.14. The van der Waals surface area contributed by atoms with Crippen LogP contribution >= 0.6 is 0 Å². The summed E-state index contributed by atoms with van der Waals surface area (Å²) < 4.78 is 1.77. The number of aryl methyl sites for hydroxylation is 1. The van der Waals surface area contributed by atoms with Crippen molar-refractivity contribution in [1.29, 1.82) is 0 Å². The van der Waals surface area contributed by atoms with Gasteiger partial charge >= 0.3 is 0 Å². The zero-order valence-corrected chi connectivity index (χ0v) is 11.2. The largest absolute Gasteiger partial charge is 0.308 e. The van der Waals surface area contributed by atoms with Gasteiger partial charge in [0.2, 0.25) is 0 Å². The van der Waals surface area contributed by atoms with Crippen molar-refractivity contribution in [2.24, 2.45) is 0 Å². The second-order valence-corrected chi connectivity index (χ2v) is 5.13. The van der Waals surface area contributed by atoms with Crippen LogP contribution in [0.3, 0.4) is 0 Å². The summed E-state index contributed by atoms with van der Waals surface area (Å²) in [6, 6.07) is 7.43. The van der Waals surface area contributed by atoms with Gasteiger partial charge in [0.25, 0.3) is 5.69 Å². The third-order valence-corrected chi connectivity index (χ3v) is 3.43. The van der Waals surface area contributed by atoms with E-state index in [0.717, 1.165) is 23.5 Å². The Bertz CT molecular complexity index is 646. The number of aromatic nitrogens is 2. The van der Waals surface area contributed by atoms with Crippen molar-refractivity contribution in [3.05, 3.63) is 51.8 Å². The van der Waals surface area contributed by atoms with E-state index in [1.807, 2.05) is 19.2 Å². The Morgan fingerprint density at radius 2 is 2.25 bits per heavy atom. The highest BCUT2D eigenvalue weighted by Gasteiger charge is 2.20. The summed E-state index contributed by atoms with van der Waals surface area (Å²) in [6.07, 6.45) is 4.39. The van der Waals surface area contributed by atoms with Gasteiger partial charge in [0, 0.05) is 30.9 Å². The molecule has 0 atom stereocenters. The Balaban J connectivity index is 1.79. The molecular weight excluding hydrogens is 256 g/mol. The maximum absolute atomic E-state index is 10.7. The molecule has 3 rings (SSSR count). The molecule has 1 aliphatic carbocycles. The van der Waals surface area contributed by atoms with E-state index in [9.17, 15) is 10.1 Å². The molecule has 1 N–H and O–H groups in total. The molecule has 6 nitrogen and oxygen atoms in total. The molecule has 1 saturated carbocycles. The molecule has 20 heavy (non-hydrogen) atoms. The molecule has 0 aliphatic heterocycles. The lowest BCUT2D eigenvalue weighted by molar-refractivity contribution is -0.384. The van der Waals surface area contributed by atoms with Crippen LogP contribution in [0.15, 0.2) is 30.5 Å². The zero-order valence-electron chi connectivity index (χ0n) is 11.2. The maximum atomic E-state index is 10.7. The molecule has 0 saturated heterocycles. The average Bonchev–Trinajstić information content (AvgIpc) is 3.14. The molecule has 1 aromatic heterocycles. The molecule has 0 unspecified atom stereocenters. The van der Waals surface area contributed by atoms with Gasteiger partial charge in [-0.25, -0.2) is 4.68 Å². The lowest BCUT2D eigenvalue weighted by atomic mass is 10.2. The molecular formula is C14H16N4O2. The number of nitrogens with zero attached hydrogens (tertiary/aromatic N) is 3. The molecule has 1 aromatic carbocycles. The molecule has 1 fully saturated rings. The van der Waals surface area contributed by atoms with E-state index < -0.39 is 0 Å². The number of hydrogen-bond acceptors (Lipinski definition) is 4. The highest BCUT2D eigenvalue weighted by atomic mass is 16.6. The van der Waals surface area contributed by atoms with Crippen LogP contribution in [0.5, 0.6) is 0 Å². The van der Waals surface area contributed by atoms with Crippen LogP contribution in [0.2, 0.25) is 0 Å². The third-order valence-electron chi connectivity index (χ3n) is 3.43. The van der Waals surface area contributed by atoms with Gasteiger partial charge in [0.1, 0.15) is 0 Å². The highest BCUT2D eigenvalue weighted by Crippen LogP contribution is 2.21. The SMILES string of the molecule is Cc1cc([N+](=O)[O-])ccc1-n1ccc(CNC2CC2)n1. The van der Waals surface area contributed by atoms with Crippen LogP contribution in [-0.4, -0.2) is 20.7 Å². The van der Waals surface area contributed by atoms with Gasteiger partial charge in [-0.3, -0.25) is 10.1 Å². The minimum Gasteiger partial charge on any atom is -0.308 e. The quantitative estimate of drug-likeness (QED) is 0.669. The van der Waals surface area contributed by atoms with E-state index in [-0.39, 0.29) is 10.6 Å². The number of nitro groups is 1. The summed E-state index contributed by atoms with van der Waals surface area (Å²) in [5, 5.41) is 18.6. The standard InChI is InChI=1S/C14H16N4O2/c1-10-8-13(18(19)20)4-5-14(10)17-7-6-12(16-17)9-15-11-2-3-11/h4-8,11,15H,2-3,9H2,1H3. The Morgan fingerprint density at radius 1 is 1.45 bits per heavy atom. The smallest absolute Gasteiger partial charge is 0.269 e. The summed E-state index contributed by atoms with van der Waals surface area (Å²) in [4.78, 5) is 10.4. The molecule has 0 amide bonds. The third kappa shape index (κ3) is 2.70. The Labute approximate surface area is 116 Å². The first-order valence-corrected chi connectivity index (χ1v) is 6.67. The Kier molecular flexibility index (Phi) is 3.23. The highest BCUT2D eigenvalue weighted by molar-refractivity contribution is 5.47. The van der Waals surface area contributed by atoms with Crippen molar-refractivity contribution < 1.29 is 4.92 Å². The first-order chi connectivity index (χ1) is 9.63. The van der Waals surface area contributed by atoms with Crippen LogP contribution < -0.4 is 5.32 Å². The molecule has 1 aliphatic rings. The number of nitrogens with one attached hydrogen (secondary N) is 1. The Hall–Kier alpha value is -2.21. The van der Waals surface area contributed by atoms with E-state index in [2.05, 4.69) is 10.4 Å². The average molecular weight is 272 g/mol. The molecule has 0 radical (unpaired) electrons. The minimum atomic E-state index is -0.384. The van der Waals surface area contributed by atoms with Crippen LogP contribution in [0, 0.1) is 17.0 Å². The Morgan fingerprint density at radius 3 is 2.90 bits per heavy atom. The normalized spacial score (nSPS) is 14.4. The lowest BCUT2D eigenvalue weighted by Crippen LogP contribution is -2.15. The van der Waals surface area contributed by atoms with E-state index >= 15 is 0 Å². The summed E-state index contributed by atoms with van der Waals surface area (Å²) in [7, 11) is 0. The summed E-state index contributed by atoms with van der Waals surface area (Å²) in [6.45, 7) is 2.62. The van der Waals surface area contributed by atoms with E-state index in [1.165, 1.54) is 18.9 Å². The first-order valence-electron chi connectivity index (χ1n) is 6.67. The van der Waals surface area contributed by atoms with Gasteiger partial charge in [-0.1, -0.05) is 0 Å². The molecule has 1 heterocycles. The summed E-state index contributed by atoms with van der Waals surface area (Å²) in [5.41, 5.74) is 2.79. The van der Waals surface area contributed by atoms with E-state index in [1.54, 1.807) is 16.8 Å². The van der Waals surface area contributed by atoms with Crippen molar-refractivity contribution in [2.45, 2.75) is 32.4 Å². The lowest BCUT2D eigenvalue weighted by Gasteiger charge is -2.05. The topological polar surface area (TPSA) is 73.0 Å². The van der Waals surface area contributed by atoms with Crippen molar-refractivity contribution in [2.75, 3.05) is 0 Å². The number of benzene rings is 1. The van der Waals surface area contributed by atoms with Crippen molar-refractivity contribution in [3.8, 4) is 5.69 Å². The molecule has 0 spiro atoms. The van der Waals surface area contributed by atoms with Gasteiger partial charge < -0.3 is 5.32 Å². The molecule has 2 aromatic rings. The van der Waals surface area contributed by atoms with E-state index in [0.29, 0.717) is 6.04 Å².